The lowest BCUT2D eigenvalue weighted by Crippen LogP contribution is -2.13. The number of anilines is 1. The van der Waals surface area contributed by atoms with Crippen molar-refractivity contribution in [3.05, 3.63) is 132 Å². The number of aromatic nitrogens is 5. The van der Waals surface area contributed by atoms with E-state index in [0.717, 1.165) is 29.8 Å². The Morgan fingerprint density at radius 3 is 1.89 bits per heavy atom. The predicted octanol–water partition coefficient (Wildman–Crippen LogP) is 9.08. The molecule has 12 heteroatoms. The van der Waals surface area contributed by atoms with Crippen LogP contribution < -0.4 is 5.43 Å². The monoisotopic (exact) mass is 628 g/mol. The second-order valence-electron chi connectivity index (χ2n) is 10.6. The van der Waals surface area contributed by atoms with Crippen LogP contribution in [0.1, 0.15) is 16.7 Å². The van der Waals surface area contributed by atoms with Gasteiger partial charge in [-0.05, 0) is 41.5 Å². The first kappa shape index (κ1) is 29.1. The van der Waals surface area contributed by atoms with Gasteiger partial charge < -0.3 is 4.57 Å². The Bertz CT molecular complexity index is 2160. The van der Waals surface area contributed by atoms with E-state index in [-0.39, 0.29) is 0 Å². The molecule has 3 heterocycles. The minimum Gasteiger partial charge on any atom is -0.311 e. The maximum absolute atomic E-state index is 13.5. The van der Waals surface area contributed by atoms with E-state index in [1.165, 1.54) is 30.6 Å². The van der Waals surface area contributed by atoms with Gasteiger partial charge in [0.2, 0.25) is 0 Å². The fraction of sp³-hybridized carbons (Fsp3) is 0.0882. The van der Waals surface area contributed by atoms with Crippen LogP contribution in [0.5, 0.6) is 0 Å². The summed E-state index contributed by atoms with van der Waals surface area (Å²) in [6.45, 7) is 0.509. The van der Waals surface area contributed by atoms with Crippen LogP contribution in [0.15, 0.2) is 116 Å². The molecule has 0 aliphatic heterocycles. The van der Waals surface area contributed by atoms with E-state index < -0.39 is 23.5 Å². The molecule has 7 rings (SSSR count). The van der Waals surface area contributed by atoms with Gasteiger partial charge in [0.25, 0.3) is 0 Å². The third kappa shape index (κ3) is 5.31. The number of hydrogen-bond acceptors (Lipinski definition) is 4. The Labute approximate surface area is 257 Å². The van der Waals surface area contributed by atoms with Crippen LogP contribution in [0.4, 0.5) is 32.2 Å². The standard InChI is InChI=1S/C34H22F6N6/c35-33(36,37)24-14-10-22(11-15-24)28-26-8-4-5-9-27(26)46(30(28)23-12-16-25(17-13-23)34(38,39)40)44-31-29-32(42-19-41-31)45(20-43-29)18-21-6-2-1-3-7-21/h1-17,19-20H,18H2,(H,41,42,44). The summed E-state index contributed by atoms with van der Waals surface area (Å²) in [6, 6.07) is 26.3. The van der Waals surface area contributed by atoms with Crippen molar-refractivity contribution >= 4 is 27.9 Å². The zero-order chi connectivity index (χ0) is 32.1. The molecule has 0 radical (unpaired) electrons. The lowest BCUT2D eigenvalue weighted by molar-refractivity contribution is -0.138. The molecule has 0 aliphatic carbocycles. The molecule has 46 heavy (non-hydrogen) atoms. The largest absolute Gasteiger partial charge is 0.416 e. The van der Waals surface area contributed by atoms with Crippen molar-refractivity contribution in [2.24, 2.45) is 0 Å². The molecule has 3 aromatic heterocycles. The summed E-state index contributed by atoms with van der Waals surface area (Å²) in [6.07, 6.45) is -6.05. The number of nitrogens with zero attached hydrogens (tertiary/aromatic N) is 5. The van der Waals surface area contributed by atoms with Crippen LogP contribution in [0, 0.1) is 0 Å². The third-order valence-electron chi connectivity index (χ3n) is 7.68. The second kappa shape index (κ2) is 11.1. The van der Waals surface area contributed by atoms with E-state index in [2.05, 4.69) is 20.4 Å². The van der Waals surface area contributed by atoms with Crippen LogP contribution >= 0.6 is 0 Å². The highest BCUT2D eigenvalue weighted by molar-refractivity contribution is 6.05. The van der Waals surface area contributed by atoms with Crippen LogP contribution in [0.25, 0.3) is 44.5 Å². The minimum absolute atomic E-state index is 0.324. The molecule has 0 unspecified atom stereocenters. The van der Waals surface area contributed by atoms with Crippen LogP contribution in [-0.2, 0) is 18.9 Å². The molecule has 0 saturated carbocycles. The van der Waals surface area contributed by atoms with E-state index in [9.17, 15) is 26.3 Å². The van der Waals surface area contributed by atoms with Gasteiger partial charge in [-0.3, -0.25) is 10.1 Å². The van der Waals surface area contributed by atoms with Crippen molar-refractivity contribution in [3.8, 4) is 22.4 Å². The first-order valence-corrected chi connectivity index (χ1v) is 14.0. The molecule has 230 valence electrons. The molecule has 0 atom stereocenters. The average molecular weight is 629 g/mol. The Balaban J connectivity index is 1.41. The summed E-state index contributed by atoms with van der Waals surface area (Å²) in [7, 11) is 0. The Morgan fingerprint density at radius 2 is 1.24 bits per heavy atom. The highest BCUT2D eigenvalue weighted by Crippen LogP contribution is 2.43. The summed E-state index contributed by atoms with van der Waals surface area (Å²) in [5.74, 6) is 0.324. The van der Waals surface area contributed by atoms with E-state index in [1.54, 1.807) is 35.3 Å². The summed E-state index contributed by atoms with van der Waals surface area (Å²) in [4.78, 5) is 13.4. The molecular formula is C34H22F6N6. The van der Waals surface area contributed by atoms with Crippen LogP contribution in [-0.4, -0.2) is 24.2 Å². The van der Waals surface area contributed by atoms with Gasteiger partial charge in [0.15, 0.2) is 17.0 Å². The number of rotatable bonds is 6. The SMILES string of the molecule is FC(F)(F)c1ccc(-c2c(-c3ccc(C(F)(F)F)cc3)n(Nc3ncnc4c3ncn4Cc3ccccc3)c3ccccc23)cc1. The van der Waals surface area contributed by atoms with Crippen LogP contribution in [0.2, 0.25) is 0 Å². The maximum Gasteiger partial charge on any atom is 0.416 e. The highest BCUT2D eigenvalue weighted by Gasteiger charge is 2.32. The Hall–Kier alpha value is -5.65. The molecule has 4 aromatic carbocycles. The number of hydrogen-bond donors (Lipinski definition) is 1. The zero-order valence-corrected chi connectivity index (χ0v) is 23.7. The molecule has 0 saturated heterocycles. The zero-order valence-electron chi connectivity index (χ0n) is 23.7. The normalized spacial score (nSPS) is 12.2. The lowest BCUT2D eigenvalue weighted by atomic mass is 9.97. The van der Waals surface area contributed by atoms with Gasteiger partial charge in [0.05, 0.1) is 35.2 Å². The Kier molecular flexibility index (Phi) is 6.99. The van der Waals surface area contributed by atoms with Gasteiger partial charge in [-0.25, -0.2) is 15.0 Å². The van der Waals surface area contributed by atoms with Gasteiger partial charge in [-0.2, -0.15) is 26.3 Å². The van der Waals surface area contributed by atoms with Gasteiger partial charge in [0, 0.05) is 16.5 Å². The topological polar surface area (TPSA) is 60.6 Å². The van der Waals surface area contributed by atoms with Gasteiger partial charge in [-0.15, -0.1) is 0 Å². The number of alkyl halides is 6. The quantitative estimate of drug-likeness (QED) is 0.187. The number of para-hydroxylation sites is 1. The first-order chi connectivity index (χ1) is 22.1. The number of halogens is 6. The van der Waals surface area contributed by atoms with Crippen molar-refractivity contribution in [1.29, 1.82) is 0 Å². The second-order valence-corrected chi connectivity index (χ2v) is 10.6. The van der Waals surface area contributed by atoms with E-state index >= 15 is 0 Å². The average Bonchev–Trinajstić information content (AvgIpc) is 3.60. The van der Waals surface area contributed by atoms with Crippen molar-refractivity contribution in [2.75, 3.05) is 5.43 Å². The molecule has 0 amide bonds. The first-order valence-electron chi connectivity index (χ1n) is 14.0. The van der Waals surface area contributed by atoms with Crippen molar-refractivity contribution in [2.45, 2.75) is 18.9 Å². The smallest absolute Gasteiger partial charge is 0.311 e. The molecule has 7 aromatic rings. The molecule has 0 spiro atoms. The molecule has 6 nitrogen and oxygen atoms in total. The summed E-state index contributed by atoms with van der Waals surface area (Å²) < 4.78 is 84.3. The number of imidazole rings is 1. The van der Waals surface area contributed by atoms with E-state index in [1.807, 2.05) is 34.9 Å². The van der Waals surface area contributed by atoms with E-state index in [0.29, 0.717) is 56.8 Å². The maximum atomic E-state index is 13.5. The number of fused-ring (bicyclic) bond motifs is 2. The highest BCUT2D eigenvalue weighted by atomic mass is 19.4. The Morgan fingerprint density at radius 1 is 0.630 bits per heavy atom. The predicted molar refractivity (Wildman–Crippen MR) is 163 cm³/mol. The number of benzene rings is 4. The van der Waals surface area contributed by atoms with Crippen molar-refractivity contribution < 1.29 is 26.3 Å². The lowest BCUT2D eigenvalue weighted by Gasteiger charge is -2.16. The summed E-state index contributed by atoms with van der Waals surface area (Å²) >= 11 is 0. The van der Waals surface area contributed by atoms with Crippen LogP contribution in [0.3, 0.4) is 0 Å². The molecular weight excluding hydrogens is 606 g/mol. The molecule has 0 bridgehead atoms. The van der Waals surface area contributed by atoms with E-state index in [4.69, 9.17) is 0 Å². The molecule has 0 fully saturated rings. The van der Waals surface area contributed by atoms with Gasteiger partial charge in [-0.1, -0.05) is 72.8 Å². The third-order valence-corrected chi connectivity index (χ3v) is 7.68. The summed E-state index contributed by atoms with van der Waals surface area (Å²) in [5.41, 5.74) is 6.09. The fourth-order valence-corrected chi connectivity index (χ4v) is 5.53. The fourth-order valence-electron chi connectivity index (χ4n) is 5.53. The van der Waals surface area contributed by atoms with Gasteiger partial charge in [0.1, 0.15) is 6.33 Å². The molecule has 1 N–H and O–H groups in total. The van der Waals surface area contributed by atoms with Crippen molar-refractivity contribution in [3.63, 3.8) is 0 Å². The summed E-state index contributed by atoms with van der Waals surface area (Å²) in [5, 5.41) is 0.657. The minimum atomic E-state index is -4.55. The number of nitrogens with one attached hydrogen (secondary N) is 1. The van der Waals surface area contributed by atoms with Gasteiger partial charge >= 0.3 is 12.4 Å². The van der Waals surface area contributed by atoms with Crippen molar-refractivity contribution in [1.82, 2.24) is 24.2 Å². The molecule has 0 aliphatic rings.